The van der Waals surface area contributed by atoms with Crippen LogP contribution in [0.5, 0.6) is 0 Å². The summed E-state index contributed by atoms with van der Waals surface area (Å²) < 4.78 is 51.9. The highest BCUT2D eigenvalue weighted by Crippen LogP contribution is 2.34. The number of piperidine rings is 1. The van der Waals surface area contributed by atoms with Gasteiger partial charge in [-0.25, -0.2) is 4.98 Å². The zero-order chi connectivity index (χ0) is 20.6. The monoisotopic (exact) mass is 407 g/mol. The third kappa shape index (κ3) is 4.18. The first-order valence-electron chi connectivity index (χ1n) is 9.70. The van der Waals surface area contributed by atoms with Crippen LogP contribution < -0.4 is 0 Å². The number of alkyl halides is 3. The van der Waals surface area contributed by atoms with Crippen LogP contribution in [0.1, 0.15) is 41.8 Å². The second-order valence-electron chi connectivity index (χ2n) is 7.54. The minimum Gasteiger partial charge on any atom is -0.462 e. The number of aromatic nitrogens is 2. The molecule has 0 radical (unpaired) electrons. The lowest BCUT2D eigenvalue weighted by Gasteiger charge is -2.33. The van der Waals surface area contributed by atoms with Gasteiger partial charge in [-0.15, -0.1) is 0 Å². The molecule has 29 heavy (non-hydrogen) atoms. The van der Waals surface area contributed by atoms with E-state index in [1.54, 1.807) is 13.2 Å². The van der Waals surface area contributed by atoms with Gasteiger partial charge in [0.1, 0.15) is 24.0 Å². The molecule has 0 saturated carbocycles. The molecule has 0 spiro atoms. The molecule has 8 heteroatoms. The summed E-state index contributed by atoms with van der Waals surface area (Å²) in [4.78, 5) is 6.73. The molecule has 0 amide bonds. The Bertz CT molecular complexity index is 985. The van der Waals surface area contributed by atoms with Gasteiger partial charge in [0.15, 0.2) is 0 Å². The molecule has 1 aliphatic rings. The molecule has 1 aromatic carbocycles. The molecule has 1 fully saturated rings. The number of ether oxygens (including phenoxy) is 1. The van der Waals surface area contributed by atoms with Crippen molar-refractivity contribution < 1.29 is 22.3 Å². The maximum absolute atomic E-state index is 13.0. The Kier molecular flexibility index (Phi) is 5.40. The molecule has 0 bridgehead atoms. The number of nitrogens with zero attached hydrogens (tertiary/aromatic N) is 3. The summed E-state index contributed by atoms with van der Waals surface area (Å²) in [6.07, 6.45) is -2.52. The predicted octanol–water partition coefficient (Wildman–Crippen LogP) is 4.94. The minimum atomic E-state index is -4.35. The summed E-state index contributed by atoms with van der Waals surface area (Å²) in [7, 11) is 1.64. The summed E-state index contributed by atoms with van der Waals surface area (Å²) in [6.45, 7) is 4.86. The number of hydrogen-bond acceptors (Lipinski definition) is 4. The molecular formula is C21H24F3N3O2. The van der Waals surface area contributed by atoms with Gasteiger partial charge in [-0.1, -0.05) is 0 Å². The van der Waals surface area contributed by atoms with Gasteiger partial charge in [0.2, 0.25) is 0 Å². The molecule has 3 aromatic rings. The van der Waals surface area contributed by atoms with Crippen LogP contribution in [0.15, 0.2) is 34.7 Å². The van der Waals surface area contributed by atoms with Crippen LogP contribution in [0.3, 0.4) is 0 Å². The summed E-state index contributed by atoms with van der Waals surface area (Å²) in [5.41, 5.74) is 0.515. The molecule has 0 N–H and O–H groups in total. The number of methoxy groups -OCH3 is 1. The quantitative estimate of drug-likeness (QED) is 0.601. The van der Waals surface area contributed by atoms with E-state index in [9.17, 15) is 13.2 Å². The van der Waals surface area contributed by atoms with Crippen LogP contribution in [0.4, 0.5) is 13.2 Å². The molecule has 1 aliphatic heterocycles. The standard InChI is InChI=1S/C21H24F3N3O2/c1-14-25-19-11-15(21(22,23)24)3-6-20(19)27(14)16-7-9-26(10-8-16)12-17-4-5-18(29-17)13-28-2/h3-6,11,16H,7-10,12-13H2,1-2H3. The van der Waals surface area contributed by atoms with Crippen molar-refractivity contribution in [3.63, 3.8) is 0 Å². The predicted molar refractivity (Wildman–Crippen MR) is 102 cm³/mol. The maximum atomic E-state index is 13.0. The Balaban J connectivity index is 1.45. The maximum Gasteiger partial charge on any atom is 0.416 e. The van der Waals surface area contributed by atoms with Gasteiger partial charge < -0.3 is 13.7 Å². The second kappa shape index (κ2) is 7.84. The fraction of sp³-hybridized carbons (Fsp3) is 0.476. The zero-order valence-electron chi connectivity index (χ0n) is 16.5. The number of rotatable bonds is 5. The van der Waals surface area contributed by atoms with Crippen LogP contribution in [-0.2, 0) is 24.1 Å². The van der Waals surface area contributed by atoms with Gasteiger partial charge in [-0.05, 0) is 50.1 Å². The Morgan fingerprint density at radius 1 is 1.14 bits per heavy atom. The molecule has 1 saturated heterocycles. The Hall–Kier alpha value is -2.32. The highest BCUT2D eigenvalue weighted by molar-refractivity contribution is 5.77. The van der Waals surface area contributed by atoms with Crippen molar-refractivity contribution in [3.8, 4) is 0 Å². The van der Waals surface area contributed by atoms with E-state index in [1.165, 1.54) is 0 Å². The molecule has 156 valence electrons. The van der Waals surface area contributed by atoms with Crippen LogP contribution in [0.2, 0.25) is 0 Å². The molecule has 4 rings (SSSR count). The lowest BCUT2D eigenvalue weighted by atomic mass is 10.0. The molecule has 0 unspecified atom stereocenters. The number of aryl methyl sites for hydroxylation is 1. The minimum absolute atomic E-state index is 0.230. The zero-order valence-corrected chi connectivity index (χ0v) is 16.5. The smallest absolute Gasteiger partial charge is 0.416 e. The van der Waals surface area contributed by atoms with Gasteiger partial charge in [-0.3, -0.25) is 4.90 Å². The van der Waals surface area contributed by atoms with Crippen molar-refractivity contribution >= 4 is 11.0 Å². The number of imidazole rings is 1. The number of fused-ring (bicyclic) bond motifs is 1. The van der Waals surface area contributed by atoms with Crippen LogP contribution >= 0.6 is 0 Å². The Labute approximate surface area is 167 Å². The van der Waals surface area contributed by atoms with E-state index >= 15 is 0 Å². The van der Waals surface area contributed by atoms with Gasteiger partial charge in [0, 0.05) is 26.2 Å². The largest absolute Gasteiger partial charge is 0.462 e. The molecule has 2 aromatic heterocycles. The third-order valence-electron chi connectivity index (χ3n) is 5.50. The molecule has 5 nitrogen and oxygen atoms in total. The van der Waals surface area contributed by atoms with E-state index < -0.39 is 11.7 Å². The van der Waals surface area contributed by atoms with Crippen LogP contribution in [-0.4, -0.2) is 34.7 Å². The van der Waals surface area contributed by atoms with Gasteiger partial charge >= 0.3 is 6.18 Å². The Morgan fingerprint density at radius 2 is 1.86 bits per heavy atom. The van der Waals surface area contributed by atoms with Crippen molar-refractivity contribution in [2.45, 2.75) is 45.1 Å². The molecule has 0 atom stereocenters. The SMILES string of the molecule is COCc1ccc(CN2CCC(n3c(C)nc4cc(C(F)(F)F)ccc43)CC2)o1. The third-order valence-corrected chi connectivity index (χ3v) is 5.50. The molecule has 3 heterocycles. The van der Waals surface area contributed by atoms with Crippen LogP contribution in [0.25, 0.3) is 11.0 Å². The van der Waals surface area contributed by atoms with Crippen LogP contribution in [0, 0.1) is 6.92 Å². The highest BCUT2D eigenvalue weighted by Gasteiger charge is 2.31. The fourth-order valence-electron chi connectivity index (χ4n) is 4.14. The average Bonchev–Trinajstić information content (AvgIpc) is 3.24. The normalized spacial score (nSPS) is 16.7. The van der Waals surface area contributed by atoms with E-state index in [4.69, 9.17) is 9.15 Å². The summed E-state index contributed by atoms with van der Waals surface area (Å²) in [5, 5.41) is 0. The average molecular weight is 407 g/mol. The number of likely N-dealkylation sites (tertiary alicyclic amines) is 1. The second-order valence-corrected chi connectivity index (χ2v) is 7.54. The first kappa shape index (κ1) is 20.0. The summed E-state index contributed by atoms with van der Waals surface area (Å²) >= 11 is 0. The molecule has 0 aliphatic carbocycles. The lowest BCUT2D eigenvalue weighted by molar-refractivity contribution is -0.137. The van der Waals surface area contributed by atoms with Crippen molar-refractivity contribution in [2.24, 2.45) is 0 Å². The summed E-state index contributed by atoms with van der Waals surface area (Å²) in [5.74, 6) is 2.49. The van der Waals surface area contributed by atoms with E-state index in [-0.39, 0.29) is 6.04 Å². The van der Waals surface area contributed by atoms with Crippen molar-refractivity contribution in [1.29, 1.82) is 0 Å². The van der Waals surface area contributed by atoms with E-state index in [2.05, 4.69) is 14.5 Å². The molecular weight excluding hydrogens is 383 g/mol. The van der Waals surface area contributed by atoms with E-state index in [0.717, 1.165) is 67.5 Å². The Morgan fingerprint density at radius 3 is 2.55 bits per heavy atom. The van der Waals surface area contributed by atoms with Gasteiger partial charge in [0.05, 0.1) is 23.1 Å². The fourth-order valence-corrected chi connectivity index (χ4v) is 4.14. The van der Waals surface area contributed by atoms with Crippen molar-refractivity contribution in [3.05, 3.63) is 53.2 Å². The highest BCUT2D eigenvalue weighted by atomic mass is 19.4. The number of furan rings is 1. The van der Waals surface area contributed by atoms with Gasteiger partial charge in [-0.2, -0.15) is 13.2 Å². The lowest BCUT2D eigenvalue weighted by Crippen LogP contribution is -2.34. The van der Waals surface area contributed by atoms with Gasteiger partial charge in [0.25, 0.3) is 0 Å². The number of benzene rings is 1. The number of halogens is 3. The number of hydrogen-bond donors (Lipinski definition) is 0. The van der Waals surface area contributed by atoms with Crippen molar-refractivity contribution in [2.75, 3.05) is 20.2 Å². The van der Waals surface area contributed by atoms with E-state index in [0.29, 0.717) is 12.1 Å². The first-order valence-corrected chi connectivity index (χ1v) is 9.70. The first-order chi connectivity index (χ1) is 13.8. The van der Waals surface area contributed by atoms with E-state index in [1.807, 2.05) is 19.1 Å². The van der Waals surface area contributed by atoms with Crippen molar-refractivity contribution in [1.82, 2.24) is 14.5 Å². The topological polar surface area (TPSA) is 43.4 Å². The summed E-state index contributed by atoms with van der Waals surface area (Å²) in [6, 6.07) is 7.97.